The third kappa shape index (κ3) is 4.04. The van der Waals surface area contributed by atoms with E-state index in [4.69, 9.17) is 10.5 Å². The Morgan fingerprint density at radius 2 is 2.25 bits per heavy atom. The van der Waals surface area contributed by atoms with Crippen molar-refractivity contribution in [1.82, 2.24) is 5.32 Å². The summed E-state index contributed by atoms with van der Waals surface area (Å²) in [6.07, 6.45) is 3.51. The van der Waals surface area contributed by atoms with Crippen molar-refractivity contribution in [3.8, 4) is 0 Å². The van der Waals surface area contributed by atoms with Crippen LogP contribution in [0, 0.1) is 0 Å². The van der Waals surface area contributed by atoms with Gasteiger partial charge in [-0.05, 0) is 32.7 Å². The second-order valence-electron chi connectivity index (χ2n) is 3.36. The zero-order valence-electron chi connectivity index (χ0n) is 7.88. The van der Waals surface area contributed by atoms with Crippen molar-refractivity contribution < 1.29 is 4.74 Å². The highest BCUT2D eigenvalue weighted by atomic mass is 16.5. The number of nitrogens with two attached hydrogens (primary N) is 1. The summed E-state index contributed by atoms with van der Waals surface area (Å²) in [5, 5.41) is 3.40. The molecule has 2 atom stereocenters. The molecule has 0 aromatic rings. The minimum atomic E-state index is 0.428. The quantitative estimate of drug-likeness (QED) is 0.549. The number of hydrogen-bond acceptors (Lipinski definition) is 3. The third-order valence-electron chi connectivity index (χ3n) is 2.17. The molecule has 1 aliphatic carbocycles. The molecule has 72 valence electrons. The van der Waals surface area contributed by atoms with Crippen LogP contribution in [0.4, 0.5) is 0 Å². The standard InChI is InChI=1S/C9H20N2O/c1-2-12-6-4-3-5-11-9-7-8(9)10/h8-9,11H,2-7,10H2,1H3. The minimum absolute atomic E-state index is 0.428. The summed E-state index contributed by atoms with van der Waals surface area (Å²) in [6.45, 7) is 4.85. The number of unbranched alkanes of at least 4 members (excludes halogenated alkanes) is 1. The van der Waals surface area contributed by atoms with Crippen LogP contribution in [0.15, 0.2) is 0 Å². The van der Waals surface area contributed by atoms with E-state index in [0.29, 0.717) is 12.1 Å². The van der Waals surface area contributed by atoms with Crippen molar-refractivity contribution in [1.29, 1.82) is 0 Å². The fraction of sp³-hybridized carbons (Fsp3) is 1.00. The van der Waals surface area contributed by atoms with Crippen molar-refractivity contribution in [3.63, 3.8) is 0 Å². The Balaban J connectivity index is 1.72. The molecule has 3 nitrogen and oxygen atoms in total. The molecule has 1 aliphatic rings. The number of nitrogens with one attached hydrogen (secondary N) is 1. The van der Waals surface area contributed by atoms with Crippen molar-refractivity contribution in [2.75, 3.05) is 19.8 Å². The van der Waals surface area contributed by atoms with Gasteiger partial charge in [-0.1, -0.05) is 0 Å². The van der Waals surface area contributed by atoms with Crippen molar-refractivity contribution in [2.24, 2.45) is 5.73 Å². The molecule has 0 radical (unpaired) electrons. The smallest absolute Gasteiger partial charge is 0.0466 e. The summed E-state index contributed by atoms with van der Waals surface area (Å²) in [5.74, 6) is 0. The first kappa shape index (κ1) is 9.96. The summed E-state index contributed by atoms with van der Waals surface area (Å²) in [6, 6.07) is 1.04. The highest BCUT2D eigenvalue weighted by Gasteiger charge is 2.32. The Morgan fingerprint density at radius 3 is 2.83 bits per heavy atom. The number of hydrogen-bond donors (Lipinski definition) is 2. The first-order valence-electron chi connectivity index (χ1n) is 4.91. The van der Waals surface area contributed by atoms with Crippen LogP contribution in [-0.2, 0) is 4.74 Å². The van der Waals surface area contributed by atoms with Gasteiger partial charge in [0.1, 0.15) is 0 Å². The Hall–Kier alpha value is -0.120. The predicted octanol–water partition coefficient (Wildman–Crippen LogP) is 0.492. The lowest BCUT2D eigenvalue weighted by molar-refractivity contribution is 0.143. The van der Waals surface area contributed by atoms with E-state index in [1.54, 1.807) is 0 Å². The van der Waals surface area contributed by atoms with Crippen molar-refractivity contribution in [2.45, 2.75) is 38.3 Å². The first-order valence-corrected chi connectivity index (χ1v) is 4.91. The summed E-state index contributed by atoms with van der Waals surface area (Å²) >= 11 is 0. The van der Waals surface area contributed by atoms with E-state index in [1.165, 1.54) is 6.42 Å². The van der Waals surface area contributed by atoms with Gasteiger partial charge < -0.3 is 15.8 Å². The molecule has 0 spiro atoms. The van der Waals surface area contributed by atoms with Gasteiger partial charge in [0.2, 0.25) is 0 Å². The van der Waals surface area contributed by atoms with Gasteiger partial charge in [-0.25, -0.2) is 0 Å². The van der Waals surface area contributed by atoms with E-state index in [0.717, 1.165) is 32.6 Å². The van der Waals surface area contributed by atoms with E-state index in [9.17, 15) is 0 Å². The van der Waals surface area contributed by atoms with E-state index in [-0.39, 0.29) is 0 Å². The maximum Gasteiger partial charge on any atom is 0.0466 e. The SMILES string of the molecule is CCOCCCCNC1CC1N. The van der Waals surface area contributed by atoms with Crippen molar-refractivity contribution >= 4 is 0 Å². The van der Waals surface area contributed by atoms with Gasteiger partial charge in [0.05, 0.1) is 0 Å². The summed E-state index contributed by atoms with van der Waals surface area (Å²) < 4.78 is 5.22. The molecule has 0 heterocycles. The zero-order chi connectivity index (χ0) is 8.81. The van der Waals surface area contributed by atoms with Crippen molar-refractivity contribution in [3.05, 3.63) is 0 Å². The minimum Gasteiger partial charge on any atom is -0.382 e. The average molecular weight is 172 g/mol. The molecule has 3 heteroatoms. The second kappa shape index (κ2) is 5.51. The highest BCUT2D eigenvalue weighted by Crippen LogP contribution is 2.17. The van der Waals surface area contributed by atoms with Gasteiger partial charge in [0, 0.05) is 25.3 Å². The molecule has 1 fully saturated rings. The summed E-state index contributed by atoms with van der Waals surface area (Å²) in [7, 11) is 0. The van der Waals surface area contributed by atoms with Crippen LogP contribution in [0.1, 0.15) is 26.2 Å². The maximum absolute atomic E-state index is 5.64. The second-order valence-corrected chi connectivity index (χ2v) is 3.36. The maximum atomic E-state index is 5.64. The molecule has 1 rings (SSSR count). The Labute approximate surface area is 74.7 Å². The Morgan fingerprint density at radius 1 is 1.50 bits per heavy atom. The average Bonchev–Trinajstić information content (AvgIpc) is 2.74. The van der Waals surface area contributed by atoms with E-state index in [1.807, 2.05) is 6.92 Å². The molecule has 0 aromatic heterocycles. The Bertz CT molecular complexity index is 119. The highest BCUT2D eigenvalue weighted by molar-refractivity contribution is 4.96. The lowest BCUT2D eigenvalue weighted by Gasteiger charge is -2.02. The van der Waals surface area contributed by atoms with Gasteiger partial charge in [0.15, 0.2) is 0 Å². The van der Waals surface area contributed by atoms with Crippen LogP contribution in [0.25, 0.3) is 0 Å². The van der Waals surface area contributed by atoms with Crippen LogP contribution >= 0.6 is 0 Å². The molecule has 3 N–H and O–H groups in total. The molecule has 0 saturated heterocycles. The number of ether oxygens (including phenoxy) is 1. The van der Waals surface area contributed by atoms with Crippen LogP contribution < -0.4 is 11.1 Å². The topological polar surface area (TPSA) is 47.3 Å². The Kier molecular flexibility index (Phi) is 4.58. The van der Waals surface area contributed by atoms with Gasteiger partial charge in [-0.2, -0.15) is 0 Å². The largest absolute Gasteiger partial charge is 0.382 e. The summed E-state index contributed by atoms with van der Waals surface area (Å²) in [4.78, 5) is 0. The van der Waals surface area contributed by atoms with Gasteiger partial charge in [-0.3, -0.25) is 0 Å². The lowest BCUT2D eigenvalue weighted by atomic mass is 10.3. The van der Waals surface area contributed by atoms with Crippen LogP contribution in [0.5, 0.6) is 0 Å². The van der Waals surface area contributed by atoms with Crippen LogP contribution in [0.2, 0.25) is 0 Å². The van der Waals surface area contributed by atoms with E-state index in [2.05, 4.69) is 5.32 Å². The van der Waals surface area contributed by atoms with Gasteiger partial charge in [-0.15, -0.1) is 0 Å². The molecule has 1 saturated carbocycles. The van der Waals surface area contributed by atoms with E-state index < -0.39 is 0 Å². The molecular formula is C9H20N2O. The molecule has 0 aliphatic heterocycles. The van der Waals surface area contributed by atoms with Crippen LogP contribution in [-0.4, -0.2) is 31.8 Å². The molecule has 2 unspecified atom stereocenters. The molecular weight excluding hydrogens is 152 g/mol. The fourth-order valence-electron chi connectivity index (χ4n) is 1.21. The molecule has 12 heavy (non-hydrogen) atoms. The van der Waals surface area contributed by atoms with Gasteiger partial charge in [0.25, 0.3) is 0 Å². The normalized spacial score (nSPS) is 27.5. The van der Waals surface area contributed by atoms with E-state index >= 15 is 0 Å². The fourth-order valence-corrected chi connectivity index (χ4v) is 1.21. The molecule has 0 amide bonds. The lowest BCUT2D eigenvalue weighted by Crippen LogP contribution is -2.23. The third-order valence-corrected chi connectivity index (χ3v) is 2.17. The summed E-state index contributed by atoms with van der Waals surface area (Å²) in [5.41, 5.74) is 5.64. The zero-order valence-corrected chi connectivity index (χ0v) is 7.88. The molecule has 0 bridgehead atoms. The van der Waals surface area contributed by atoms with Crippen LogP contribution in [0.3, 0.4) is 0 Å². The predicted molar refractivity (Wildman–Crippen MR) is 50.1 cm³/mol. The molecule has 0 aromatic carbocycles. The van der Waals surface area contributed by atoms with Gasteiger partial charge >= 0.3 is 0 Å². The monoisotopic (exact) mass is 172 g/mol. The first-order chi connectivity index (χ1) is 5.84. The number of rotatable bonds is 7.